The number of hydrogen-bond acceptors (Lipinski definition) is 6. The Morgan fingerprint density at radius 2 is 2.00 bits per heavy atom. The van der Waals surface area contributed by atoms with Gasteiger partial charge in [0.15, 0.2) is 5.75 Å². The van der Waals surface area contributed by atoms with Crippen molar-refractivity contribution in [3.05, 3.63) is 4.88 Å². The molecule has 1 unspecified atom stereocenters. The van der Waals surface area contributed by atoms with Crippen LogP contribution in [0.2, 0.25) is 0 Å². The van der Waals surface area contributed by atoms with Gasteiger partial charge in [-0.25, -0.2) is 4.79 Å². The van der Waals surface area contributed by atoms with Crippen LogP contribution >= 0.6 is 11.3 Å². The third kappa shape index (κ3) is 4.52. The lowest BCUT2D eigenvalue weighted by molar-refractivity contribution is 0.0607. The van der Waals surface area contributed by atoms with Crippen LogP contribution in [0.5, 0.6) is 5.75 Å². The lowest BCUT2D eigenvalue weighted by atomic mass is 10.1. The monoisotopic (exact) mass is 314 g/mol. The number of unbranched alkanes of at least 4 members (excludes halogenated alkanes) is 1. The predicted octanol–water partition coefficient (Wildman–Crippen LogP) is 3.90. The molecule has 120 valence electrons. The van der Waals surface area contributed by atoms with Crippen LogP contribution in [0.4, 0.5) is 10.7 Å². The first-order valence-corrected chi connectivity index (χ1v) is 8.21. The molecule has 0 aromatic carbocycles. The molecule has 0 saturated carbocycles. The van der Waals surface area contributed by atoms with Crippen molar-refractivity contribution in [2.45, 2.75) is 52.0 Å². The summed E-state index contributed by atoms with van der Waals surface area (Å²) in [5, 5.41) is 4.29. The highest BCUT2D eigenvalue weighted by Crippen LogP contribution is 2.43. The Bertz CT molecular complexity index is 460. The molecule has 0 bridgehead atoms. The first-order chi connectivity index (χ1) is 10.1. The molecule has 0 saturated heterocycles. The lowest BCUT2D eigenvalue weighted by Gasteiger charge is -2.18. The number of ether oxygens (including phenoxy) is 2. The highest BCUT2D eigenvalue weighted by molar-refractivity contribution is 7.19. The van der Waals surface area contributed by atoms with E-state index >= 15 is 0 Å². The van der Waals surface area contributed by atoms with E-state index in [4.69, 9.17) is 15.2 Å². The quantitative estimate of drug-likeness (QED) is 0.676. The van der Waals surface area contributed by atoms with Gasteiger partial charge in [0.25, 0.3) is 0 Å². The Balaban J connectivity index is 2.96. The molecule has 0 amide bonds. The Hall–Kier alpha value is -1.43. The molecular formula is C15H26N2O3S. The molecule has 1 rings (SSSR count). The minimum absolute atomic E-state index is 0.350. The van der Waals surface area contributed by atoms with E-state index in [9.17, 15) is 4.79 Å². The molecule has 1 atom stereocenters. The zero-order chi connectivity index (χ0) is 15.8. The zero-order valence-corrected chi connectivity index (χ0v) is 14.1. The number of methoxy groups -OCH3 is 2. The summed E-state index contributed by atoms with van der Waals surface area (Å²) in [4.78, 5) is 12.1. The molecule has 0 fully saturated rings. The fourth-order valence-electron chi connectivity index (χ4n) is 2.24. The Morgan fingerprint density at radius 1 is 1.29 bits per heavy atom. The van der Waals surface area contributed by atoms with E-state index in [0.717, 1.165) is 24.3 Å². The third-order valence-corrected chi connectivity index (χ3v) is 4.45. The summed E-state index contributed by atoms with van der Waals surface area (Å²) in [5.41, 5.74) is 6.34. The van der Waals surface area contributed by atoms with Gasteiger partial charge < -0.3 is 20.5 Å². The number of anilines is 2. The number of nitrogens with two attached hydrogens (primary N) is 1. The summed E-state index contributed by atoms with van der Waals surface area (Å²) in [6.07, 6.45) is 5.62. The molecule has 1 heterocycles. The number of esters is 1. The number of nitrogen functional groups attached to an aromatic ring is 1. The molecule has 0 spiro atoms. The molecule has 6 heteroatoms. The van der Waals surface area contributed by atoms with E-state index in [-0.39, 0.29) is 0 Å². The topological polar surface area (TPSA) is 73.6 Å². The van der Waals surface area contributed by atoms with Crippen LogP contribution in [0.3, 0.4) is 0 Å². The van der Waals surface area contributed by atoms with Crippen molar-refractivity contribution in [3.63, 3.8) is 0 Å². The number of thiophene rings is 1. The van der Waals surface area contributed by atoms with E-state index in [1.165, 1.54) is 31.3 Å². The van der Waals surface area contributed by atoms with Crippen LogP contribution < -0.4 is 15.8 Å². The van der Waals surface area contributed by atoms with E-state index in [0.29, 0.717) is 22.4 Å². The fraction of sp³-hybridized carbons (Fsp3) is 0.667. The molecule has 0 radical (unpaired) electrons. The first-order valence-electron chi connectivity index (χ1n) is 7.40. The first kappa shape index (κ1) is 17.6. The maximum absolute atomic E-state index is 11.7. The van der Waals surface area contributed by atoms with Crippen molar-refractivity contribution in [1.82, 2.24) is 0 Å². The minimum atomic E-state index is -0.426. The second kappa shape index (κ2) is 8.77. The summed E-state index contributed by atoms with van der Waals surface area (Å²) in [6.45, 7) is 4.35. The highest BCUT2D eigenvalue weighted by atomic mass is 32.1. The number of rotatable bonds is 9. The lowest BCUT2D eigenvalue weighted by Crippen LogP contribution is -2.18. The van der Waals surface area contributed by atoms with Gasteiger partial charge in [0.2, 0.25) is 0 Å². The molecule has 1 aromatic rings. The van der Waals surface area contributed by atoms with E-state index in [1.807, 2.05) is 0 Å². The van der Waals surface area contributed by atoms with E-state index in [1.54, 1.807) is 7.11 Å². The van der Waals surface area contributed by atoms with Crippen LogP contribution in [-0.2, 0) is 4.74 Å². The maximum atomic E-state index is 11.7. The number of nitrogens with one attached hydrogen (secondary N) is 1. The van der Waals surface area contributed by atoms with Gasteiger partial charge in [-0.05, 0) is 12.8 Å². The molecule has 0 aliphatic rings. The predicted molar refractivity (Wildman–Crippen MR) is 88.5 cm³/mol. The van der Waals surface area contributed by atoms with Crippen LogP contribution in [0.25, 0.3) is 0 Å². The second-order valence-electron chi connectivity index (χ2n) is 4.97. The minimum Gasteiger partial charge on any atom is -0.492 e. The third-order valence-electron chi connectivity index (χ3n) is 3.35. The number of carbonyl (C=O) groups excluding carboxylic acids is 1. The van der Waals surface area contributed by atoms with Crippen molar-refractivity contribution in [1.29, 1.82) is 0 Å². The molecule has 1 aromatic heterocycles. The average Bonchev–Trinajstić information content (AvgIpc) is 2.80. The van der Waals surface area contributed by atoms with Crippen LogP contribution in [0, 0.1) is 0 Å². The summed E-state index contributed by atoms with van der Waals surface area (Å²) in [7, 11) is 2.91. The van der Waals surface area contributed by atoms with E-state index in [2.05, 4.69) is 19.2 Å². The molecule has 5 nitrogen and oxygen atoms in total. The van der Waals surface area contributed by atoms with Gasteiger partial charge >= 0.3 is 5.97 Å². The number of carbonyl (C=O) groups is 1. The van der Waals surface area contributed by atoms with Crippen molar-refractivity contribution < 1.29 is 14.3 Å². The van der Waals surface area contributed by atoms with Gasteiger partial charge in [-0.2, -0.15) is 0 Å². The highest BCUT2D eigenvalue weighted by Gasteiger charge is 2.23. The van der Waals surface area contributed by atoms with Crippen LogP contribution in [-0.4, -0.2) is 26.2 Å². The number of hydrogen-bond donors (Lipinski definition) is 2. The standard InChI is InChI=1S/C15H26N2O3S/c1-5-7-9-10(8-6-2)17-14-12(19-3)11(16)13(21-14)15(18)20-4/h10,17H,5-9,16H2,1-4H3. The summed E-state index contributed by atoms with van der Waals surface area (Å²) < 4.78 is 10.1. The summed E-state index contributed by atoms with van der Waals surface area (Å²) >= 11 is 1.30. The summed E-state index contributed by atoms with van der Waals surface area (Å²) in [5.74, 6) is 0.113. The largest absolute Gasteiger partial charge is 0.492 e. The average molecular weight is 314 g/mol. The SMILES string of the molecule is CCCCC(CCC)Nc1sc(C(=O)OC)c(N)c1OC. The summed E-state index contributed by atoms with van der Waals surface area (Å²) in [6, 6.07) is 0.368. The van der Waals surface area contributed by atoms with Gasteiger partial charge in [-0.1, -0.05) is 33.1 Å². The van der Waals surface area contributed by atoms with Crippen molar-refractivity contribution in [2.75, 3.05) is 25.3 Å². The molecule has 3 N–H and O–H groups in total. The van der Waals surface area contributed by atoms with Crippen LogP contribution in [0.15, 0.2) is 0 Å². The van der Waals surface area contributed by atoms with Gasteiger partial charge in [-0.15, -0.1) is 11.3 Å². The zero-order valence-electron chi connectivity index (χ0n) is 13.3. The normalized spacial score (nSPS) is 12.0. The van der Waals surface area contributed by atoms with Crippen molar-refractivity contribution in [2.24, 2.45) is 0 Å². The Labute approximate surface area is 130 Å². The van der Waals surface area contributed by atoms with Gasteiger partial charge in [-0.3, -0.25) is 0 Å². The molecule has 0 aliphatic carbocycles. The van der Waals surface area contributed by atoms with Gasteiger partial charge in [0.1, 0.15) is 15.6 Å². The fourth-order valence-corrected chi connectivity index (χ4v) is 3.33. The van der Waals surface area contributed by atoms with Gasteiger partial charge in [0.05, 0.1) is 14.2 Å². The van der Waals surface area contributed by atoms with Gasteiger partial charge in [0, 0.05) is 6.04 Å². The maximum Gasteiger partial charge on any atom is 0.350 e. The van der Waals surface area contributed by atoms with E-state index < -0.39 is 5.97 Å². The molecule has 0 aliphatic heterocycles. The second-order valence-corrected chi connectivity index (χ2v) is 5.99. The van der Waals surface area contributed by atoms with Crippen molar-refractivity contribution >= 4 is 28.0 Å². The molecule has 21 heavy (non-hydrogen) atoms. The van der Waals surface area contributed by atoms with Crippen LogP contribution in [0.1, 0.15) is 55.6 Å². The molecular weight excluding hydrogens is 288 g/mol. The smallest absolute Gasteiger partial charge is 0.350 e. The van der Waals surface area contributed by atoms with Crippen molar-refractivity contribution in [3.8, 4) is 5.75 Å². The Morgan fingerprint density at radius 3 is 2.52 bits per heavy atom. The Kier molecular flexibility index (Phi) is 7.36.